The van der Waals surface area contributed by atoms with Crippen LogP contribution in [0.25, 0.3) is 0 Å². The molecule has 0 aliphatic carbocycles. The first kappa shape index (κ1) is 19.4. The Balaban J connectivity index is 1.77. The molecule has 1 N–H and O–H groups in total. The van der Waals surface area contributed by atoms with E-state index in [2.05, 4.69) is 5.32 Å². The Morgan fingerprint density at radius 3 is 2.64 bits per heavy atom. The van der Waals surface area contributed by atoms with Crippen LogP contribution in [0.1, 0.15) is 25.3 Å². The van der Waals surface area contributed by atoms with Gasteiger partial charge >= 0.3 is 0 Å². The van der Waals surface area contributed by atoms with Crippen LogP contribution in [-0.2, 0) is 25.8 Å². The van der Waals surface area contributed by atoms with E-state index in [9.17, 15) is 22.4 Å². The molecule has 1 atom stereocenters. The second-order valence-corrected chi connectivity index (χ2v) is 8.44. The van der Waals surface area contributed by atoms with E-state index >= 15 is 0 Å². The number of halogens is 1. The average Bonchev–Trinajstić information content (AvgIpc) is 2.89. The molecule has 1 aromatic carbocycles. The maximum absolute atomic E-state index is 13.5. The second kappa shape index (κ2) is 8.42. The summed E-state index contributed by atoms with van der Waals surface area (Å²) in [7, 11) is -3.09. The molecule has 6 nitrogen and oxygen atoms in total. The number of amides is 2. The predicted molar refractivity (Wildman–Crippen MR) is 92.2 cm³/mol. The largest absolute Gasteiger partial charge is 0.356 e. The molecule has 0 bridgehead atoms. The number of carbonyl (C=O) groups excluding carboxylic acids is 2. The molecule has 2 rings (SSSR count). The third-order valence-electron chi connectivity index (χ3n) is 4.31. The van der Waals surface area contributed by atoms with Gasteiger partial charge in [0, 0.05) is 32.5 Å². The zero-order chi connectivity index (χ0) is 18.4. The lowest BCUT2D eigenvalue weighted by Crippen LogP contribution is -2.42. The minimum atomic E-state index is -3.09. The molecule has 1 aliphatic rings. The molecule has 0 spiro atoms. The first-order valence-corrected chi connectivity index (χ1v) is 10.1. The molecular formula is C17H23FN2O4S. The summed E-state index contributed by atoms with van der Waals surface area (Å²) in [6, 6.07) is 6.03. The molecular weight excluding hydrogens is 347 g/mol. The SMILES string of the molecule is CC(=O)N(CCC(=O)NCCc1ccccc1F)C1CCS(=O)(=O)C1. The highest BCUT2D eigenvalue weighted by atomic mass is 32.2. The fraction of sp³-hybridized carbons (Fsp3) is 0.529. The molecule has 1 saturated heterocycles. The Morgan fingerprint density at radius 2 is 2.04 bits per heavy atom. The Labute approximate surface area is 147 Å². The summed E-state index contributed by atoms with van der Waals surface area (Å²) in [5, 5.41) is 2.70. The average molecular weight is 370 g/mol. The van der Waals surface area contributed by atoms with Crippen molar-refractivity contribution >= 4 is 21.7 Å². The Hall–Kier alpha value is -1.96. The van der Waals surface area contributed by atoms with Crippen LogP contribution in [0.5, 0.6) is 0 Å². The topological polar surface area (TPSA) is 83.6 Å². The molecule has 25 heavy (non-hydrogen) atoms. The van der Waals surface area contributed by atoms with Crippen LogP contribution < -0.4 is 5.32 Å². The molecule has 2 amide bonds. The number of hydrogen-bond donors (Lipinski definition) is 1. The number of carbonyl (C=O) groups is 2. The summed E-state index contributed by atoms with van der Waals surface area (Å²) in [6.45, 7) is 1.86. The van der Waals surface area contributed by atoms with Gasteiger partial charge in [-0.3, -0.25) is 9.59 Å². The Morgan fingerprint density at radius 1 is 1.32 bits per heavy atom. The molecule has 1 aromatic rings. The number of hydrogen-bond acceptors (Lipinski definition) is 4. The van der Waals surface area contributed by atoms with Crippen molar-refractivity contribution in [2.45, 2.75) is 32.2 Å². The number of nitrogens with one attached hydrogen (secondary N) is 1. The minimum absolute atomic E-state index is 0.0402. The highest BCUT2D eigenvalue weighted by Gasteiger charge is 2.33. The quantitative estimate of drug-likeness (QED) is 0.773. The molecule has 1 aliphatic heterocycles. The minimum Gasteiger partial charge on any atom is -0.356 e. The van der Waals surface area contributed by atoms with E-state index in [4.69, 9.17) is 0 Å². The van der Waals surface area contributed by atoms with Crippen molar-refractivity contribution in [2.75, 3.05) is 24.6 Å². The van der Waals surface area contributed by atoms with E-state index in [1.807, 2.05) is 0 Å². The summed E-state index contributed by atoms with van der Waals surface area (Å²) in [4.78, 5) is 25.1. The van der Waals surface area contributed by atoms with Gasteiger partial charge in [-0.05, 0) is 24.5 Å². The van der Waals surface area contributed by atoms with Crippen molar-refractivity contribution in [3.63, 3.8) is 0 Å². The fourth-order valence-electron chi connectivity index (χ4n) is 2.97. The van der Waals surface area contributed by atoms with Crippen LogP contribution in [0.3, 0.4) is 0 Å². The van der Waals surface area contributed by atoms with E-state index in [0.29, 0.717) is 24.9 Å². The van der Waals surface area contributed by atoms with Gasteiger partial charge in [0.05, 0.1) is 11.5 Å². The zero-order valence-electron chi connectivity index (χ0n) is 14.2. The lowest BCUT2D eigenvalue weighted by atomic mass is 10.1. The number of sulfone groups is 1. The van der Waals surface area contributed by atoms with Gasteiger partial charge in [0.1, 0.15) is 5.82 Å². The smallest absolute Gasteiger partial charge is 0.221 e. The highest BCUT2D eigenvalue weighted by Crippen LogP contribution is 2.18. The molecule has 1 heterocycles. The maximum Gasteiger partial charge on any atom is 0.221 e. The molecule has 0 radical (unpaired) electrons. The fourth-order valence-corrected chi connectivity index (χ4v) is 4.70. The first-order valence-electron chi connectivity index (χ1n) is 8.26. The van der Waals surface area contributed by atoms with Crippen molar-refractivity contribution < 1.29 is 22.4 Å². The van der Waals surface area contributed by atoms with E-state index in [-0.39, 0.29) is 48.1 Å². The van der Waals surface area contributed by atoms with Gasteiger partial charge < -0.3 is 10.2 Å². The van der Waals surface area contributed by atoms with E-state index < -0.39 is 9.84 Å². The first-order chi connectivity index (χ1) is 11.8. The monoisotopic (exact) mass is 370 g/mol. The van der Waals surface area contributed by atoms with Crippen molar-refractivity contribution in [1.29, 1.82) is 0 Å². The van der Waals surface area contributed by atoms with Crippen molar-refractivity contribution in [1.82, 2.24) is 10.2 Å². The van der Waals surface area contributed by atoms with Gasteiger partial charge in [-0.2, -0.15) is 0 Å². The third-order valence-corrected chi connectivity index (χ3v) is 6.06. The molecule has 0 saturated carbocycles. The molecule has 0 aromatic heterocycles. The van der Waals surface area contributed by atoms with E-state index in [1.54, 1.807) is 18.2 Å². The molecule has 138 valence electrons. The number of benzene rings is 1. The Bertz CT molecular complexity index is 736. The lowest BCUT2D eigenvalue weighted by Gasteiger charge is -2.26. The van der Waals surface area contributed by atoms with Crippen LogP contribution in [0.4, 0.5) is 4.39 Å². The van der Waals surface area contributed by atoms with Crippen LogP contribution in [-0.4, -0.2) is 55.8 Å². The lowest BCUT2D eigenvalue weighted by molar-refractivity contribution is -0.131. The number of rotatable bonds is 7. The van der Waals surface area contributed by atoms with Gasteiger partial charge in [-0.15, -0.1) is 0 Å². The summed E-state index contributed by atoms with van der Waals surface area (Å²) in [5.74, 6) is -0.746. The van der Waals surface area contributed by atoms with Crippen LogP contribution in [0.2, 0.25) is 0 Å². The van der Waals surface area contributed by atoms with Crippen molar-refractivity contribution in [3.8, 4) is 0 Å². The van der Waals surface area contributed by atoms with Crippen molar-refractivity contribution in [2.24, 2.45) is 0 Å². The molecule has 1 fully saturated rings. The number of nitrogens with zero attached hydrogens (tertiary/aromatic N) is 1. The van der Waals surface area contributed by atoms with E-state index in [1.165, 1.54) is 17.9 Å². The van der Waals surface area contributed by atoms with Crippen LogP contribution in [0, 0.1) is 5.82 Å². The summed E-state index contributed by atoms with van der Waals surface area (Å²) in [5.41, 5.74) is 0.532. The maximum atomic E-state index is 13.5. The van der Waals surface area contributed by atoms with Gasteiger partial charge in [0.25, 0.3) is 0 Å². The summed E-state index contributed by atoms with van der Waals surface area (Å²) in [6.07, 6.45) is 0.889. The van der Waals surface area contributed by atoms with Gasteiger partial charge in [-0.25, -0.2) is 12.8 Å². The predicted octanol–water partition coefficient (Wildman–Crippen LogP) is 0.910. The normalized spacial score (nSPS) is 18.7. The van der Waals surface area contributed by atoms with E-state index in [0.717, 1.165) is 0 Å². The summed E-state index contributed by atoms with van der Waals surface area (Å²) < 4.78 is 36.6. The Kier molecular flexibility index (Phi) is 6.52. The van der Waals surface area contributed by atoms with Gasteiger partial charge in [0.15, 0.2) is 9.84 Å². The third kappa shape index (κ3) is 5.81. The van der Waals surface area contributed by atoms with Crippen molar-refractivity contribution in [3.05, 3.63) is 35.6 Å². The standard InChI is InChI=1S/C17H23FN2O4S/c1-13(21)20(15-8-11-25(23,24)12-15)10-7-17(22)19-9-6-14-4-2-3-5-16(14)18/h2-5,15H,6-12H2,1H3,(H,19,22). The zero-order valence-corrected chi connectivity index (χ0v) is 15.0. The second-order valence-electron chi connectivity index (χ2n) is 6.21. The van der Waals surface area contributed by atoms with Gasteiger partial charge in [0.2, 0.25) is 11.8 Å². The van der Waals surface area contributed by atoms with Gasteiger partial charge in [-0.1, -0.05) is 18.2 Å². The van der Waals surface area contributed by atoms with Crippen LogP contribution in [0.15, 0.2) is 24.3 Å². The summed E-state index contributed by atoms with van der Waals surface area (Å²) >= 11 is 0. The van der Waals surface area contributed by atoms with Crippen LogP contribution >= 0.6 is 0 Å². The molecule has 8 heteroatoms. The molecule has 1 unspecified atom stereocenters. The highest BCUT2D eigenvalue weighted by molar-refractivity contribution is 7.91.